The Morgan fingerprint density at radius 3 is 2.62 bits per heavy atom. The largest absolute Gasteiger partial charge is 0.496 e. The molecular weight excluding hydrogens is 456 g/mol. The van der Waals surface area contributed by atoms with Crippen molar-refractivity contribution in [2.45, 2.75) is 0 Å². The molecule has 0 aliphatic heterocycles. The van der Waals surface area contributed by atoms with E-state index in [1.165, 1.54) is 0 Å². The summed E-state index contributed by atoms with van der Waals surface area (Å²) < 4.78 is 12.0. The number of carbonyl (C=O) groups excluding carboxylic acids is 1. The average Bonchev–Trinajstić information content (AvgIpc) is 3.43. The van der Waals surface area contributed by atoms with Crippen molar-refractivity contribution in [2.75, 3.05) is 12.4 Å². The zero-order valence-electron chi connectivity index (χ0n) is 18.3. The number of anilines is 1. The molecule has 0 radical (unpaired) electrons. The maximum Gasteiger partial charge on any atom is 0.439 e. The van der Waals surface area contributed by atoms with Crippen molar-refractivity contribution in [3.05, 3.63) is 88.0 Å². The second-order valence-electron chi connectivity index (χ2n) is 7.62. The molecule has 2 heterocycles. The van der Waals surface area contributed by atoms with E-state index >= 15 is 0 Å². The Morgan fingerprint density at radius 2 is 1.85 bits per heavy atom. The molecule has 0 atom stereocenters. The zero-order chi connectivity index (χ0) is 23.8. The standard InChI is InChI=1S/C25H19ClN4O4/c1-30-20(12-14-6-5-8-17(22(14)30)16-7-3-4-9-21(16)33-2)24(31)27-19-11-10-15(26)13-18(19)23-28-25(32)34-29-23/h3-13H,1-2H3,(H,27,31)(H,28,29,32). The molecule has 2 N–H and O–H groups in total. The van der Waals surface area contributed by atoms with E-state index in [2.05, 4.69) is 20.0 Å². The van der Waals surface area contributed by atoms with Crippen LogP contribution in [0.4, 0.5) is 5.69 Å². The van der Waals surface area contributed by atoms with Gasteiger partial charge in [0.15, 0.2) is 5.82 Å². The van der Waals surface area contributed by atoms with Gasteiger partial charge in [-0.05, 0) is 30.3 Å². The van der Waals surface area contributed by atoms with Gasteiger partial charge in [-0.2, -0.15) is 0 Å². The number of aryl methyl sites for hydroxylation is 1. The first kappa shape index (κ1) is 21.5. The Kier molecular flexibility index (Phi) is 5.43. The van der Waals surface area contributed by atoms with Crippen LogP contribution in [0.2, 0.25) is 5.02 Å². The van der Waals surface area contributed by atoms with Crippen molar-refractivity contribution in [1.82, 2.24) is 14.7 Å². The van der Waals surface area contributed by atoms with Crippen LogP contribution in [0.15, 0.2) is 76.0 Å². The first-order valence-corrected chi connectivity index (χ1v) is 10.7. The van der Waals surface area contributed by atoms with Crippen molar-refractivity contribution in [3.8, 4) is 28.3 Å². The molecule has 34 heavy (non-hydrogen) atoms. The Morgan fingerprint density at radius 1 is 1.06 bits per heavy atom. The molecule has 5 aromatic rings. The van der Waals surface area contributed by atoms with Crippen molar-refractivity contribution in [3.63, 3.8) is 0 Å². The molecule has 5 rings (SSSR count). The lowest BCUT2D eigenvalue weighted by molar-refractivity contribution is 0.102. The summed E-state index contributed by atoms with van der Waals surface area (Å²) in [6.07, 6.45) is 0. The number of hydrogen-bond acceptors (Lipinski definition) is 5. The van der Waals surface area contributed by atoms with E-state index in [0.717, 1.165) is 27.8 Å². The van der Waals surface area contributed by atoms with E-state index in [-0.39, 0.29) is 11.7 Å². The van der Waals surface area contributed by atoms with Gasteiger partial charge in [-0.3, -0.25) is 14.3 Å². The molecule has 170 valence electrons. The first-order valence-electron chi connectivity index (χ1n) is 10.4. The molecule has 8 nitrogen and oxygen atoms in total. The highest BCUT2D eigenvalue weighted by atomic mass is 35.5. The number of carbonyl (C=O) groups is 1. The van der Waals surface area contributed by atoms with Crippen molar-refractivity contribution < 1.29 is 14.1 Å². The van der Waals surface area contributed by atoms with Gasteiger partial charge in [-0.15, -0.1) is 0 Å². The summed E-state index contributed by atoms with van der Waals surface area (Å²) in [6, 6.07) is 20.4. The van der Waals surface area contributed by atoms with Crippen LogP contribution in [-0.2, 0) is 7.05 Å². The third-order valence-electron chi connectivity index (χ3n) is 5.61. The maximum atomic E-state index is 13.3. The molecule has 0 aliphatic rings. The molecule has 0 bridgehead atoms. The minimum atomic E-state index is -0.704. The number of fused-ring (bicyclic) bond motifs is 1. The molecule has 0 saturated carbocycles. The number of nitrogens with zero attached hydrogens (tertiary/aromatic N) is 2. The Labute approximate surface area is 198 Å². The van der Waals surface area contributed by atoms with Crippen LogP contribution in [-0.4, -0.2) is 27.7 Å². The van der Waals surface area contributed by atoms with E-state index in [1.54, 1.807) is 25.3 Å². The molecule has 2 aromatic heterocycles. The van der Waals surface area contributed by atoms with Gasteiger partial charge in [0.05, 0.1) is 18.3 Å². The van der Waals surface area contributed by atoms with Gasteiger partial charge in [-0.25, -0.2) is 4.79 Å². The van der Waals surface area contributed by atoms with E-state index in [0.29, 0.717) is 22.0 Å². The van der Waals surface area contributed by atoms with E-state index in [1.807, 2.05) is 60.1 Å². The van der Waals surface area contributed by atoms with Gasteiger partial charge >= 0.3 is 5.76 Å². The number of aromatic amines is 1. The topological polar surface area (TPSA) is 102 Å². The van der Waals surface area contributed by atoms with Gasteiger partial charge in [0.1, 0.15) is 11.4 Å². The predicted octanol–water partition coefficient (Wildman–Crippen LogP) is 5.10. The number of halogens is 1. The van der Waals surface area contributed by atoms with Gasteiger partial charge in [-0.1, -0.05) is 53.2 Å². The molecular formula is C25H19ClN4O4. The van der Waals surface area contributed by atoms with Gasteiger partial charge in [0.25, 0.3) is 5.91 Å². The molecule has 0 aliphatic carbocycles. The number of para-hydroxylation sites is 2. The third-order valence-corrected chi connectivity index (χ3v) is 5.85. The van der Waals surface area contributed by atoms with E-state index < -0.39 is 5.76 Å². The fourth-order valence-electron chi connectivity index (χ4n) is 4.07. The molecule has 3 aromatic carbocycles. The quantitative estimate of drug-likeness (QED) is 0.369. The number of methoxy groups -OCH3 is 1. The monoisotopic (exact) mass is 474 g/mol. The fraction of sp³-hybridized carbons (Fsp3) is 0.0800. The van der Waals surface area contributed by atoms with Crippen LogP contribution in [0.3, 0.4) is 0 Å². The third kappa shape index (κ3) is 3.74. The minimum Gasteiger partial charge on any atom is -0.496 e. The van der Waals surface area contributed by atoms with Crippen LogP contribution in [0.1, 0.15) is 10.5 Å². The minimum absolute atomic E-state index is 0.165. The molecule has 0 spiro atoms. The summed E-state index contributed by atoms with van der Waals surface area (Å²) >= 11 is 6.13. The predicted molar refractivity (Wildman–Crippen MR) is 130 cm³/mol. The smallest absolute Gasteiger partial charge is 0.439 e. The van der Waals surface area contributed by atoms with Crippen LogP contribution in [0.25, 0.3) is 33.4 Å². The van der Waals surface area contributed by atoms with Crippen molar-refractivity contribution >= 4 is 34.1 Å². The van der Waals surface area contributed by atoms with E-state index in [4.69, 9.17) is 16.3 Å². The number of rotatable bonds is 5. The summed E-state index contributed by atoms with van der Waals surface area (Å²) in [4.78, 5) is 27.3. The van der Waals surface area contributed by atoms with Gasteiger partial charge in [0, 0.05) is 34.1 Å². The number of amides is 1. The second-order valence-corrected chi connectivity index (χ2v) is 8.06. The lowest BCUT2D eigenvalue weighted by atomic mass is 10.0. The van der Waals surface area contributed by atoms with Crippen LogP contribution in [0, 0.1) is 0 Å². The number of benzene rings is 3. The summed E-state index contributed by atoms with van der Waals surface area (Å²) in [7, 11) is 3.47. The van der Waals surface area contributed by atoms with Crippen LogP contribution >= 0.6 is 11.6 Å². The maximum absolute atomic E-state index is 13.3. The molecule has 0 saturated heterocycles. The average molecular weight is 475 g/mol. The number of H-pyrrole nitrogens is 1. The highest BCUT2D eigenvalue weighted by Gasteiger charge is 2.20. The number of nitrogens with one attached hydrogen (secondary N) is 2. The Balaban J connectivity index is 1.57. The normalized spacial score (nSPS) is 11.0. The Bertz CT molecular complexity index is 1600. The summed E-state index contributed by atoms with van der Waals surface area (Å²) in [5.74, 6) is -0.128. The number of hydrogen-bond donors (Lipinski definition) is 2. The zero-order valence-corrected chi connectivity index (χ0v) is 19.0. The number of aromatic nitrogens is 3. The SMILES string of the molecule is COc1ccccc1-c1cccc2cc(C(=O)Nc3ccc(Cl)cc3-c3noc(=O)[nH]3)n(C)c12. The Hall–Kier alpha value is -4.30. The number of ether oxygens (including phenoxy) is 1. The fourth-order valence-corrected chi connectivity index (χ4v) is 4.24. The molecule has 0 fully saturated rings. The van der Waals surface area contributed by atoms with Gasteiger partial charge < -0.3 is 14.6 Å². The van der Waals surface area contributed by atoms with Gasteiger partial charge in [0.2, 0.25) is 0 Å². The molecule has 0 unspecified atom stereocenters. The summed E-state index contributed by atoms with van der Waals surface area (Å²) in [5, 5.41) is 7.94. The highest BCUT2D eigenvalue weighted by molar-refractivity contribution is 6.31. The van der Waals surface area contributed by atoms with E-state index in [9.17, 15) is 9.59 Å². The highest BCUT2D eigenvalue weighted by Crippen LogP contribution is 2.36. The summed E-state index contributed by atoms with van der Waals surface area (Å²) in [6.45, 7) is 0. The lowest BCUT2D eigenvalue weighted by Gasteiger charge is -2.13. The second kappa shape index (κ2) is 8.57. The van der Waals surface area contributed by atoms with Crippen molar-refractivity contribution in [2.24, 2.45) is 7.05 Å². The van der Waals surface area contributed by atoms with Crippen LogP contribution in [0.5, 0.6) is 5.75 Å². The first-order chi connectivity index (χ1) is 16.5. The lowest BCUT2D eigenvalue weighted by Crippen LogP contribution is -2.16. The van der Waals surface area contributed by atoms with Crippen LogP contribution < -0.4 is 15.8 Å². The van der Waals surface area contributed by atoms with Crippen molar-refractivity contribution in [1.29, 1.82) is 0 Å². The molecule has 9 heteroatoms. The molecule has 1 amide bonds. The summed E-state index contributed by atoms with van der Waals surface area (Å²) in [5.41, 5.74) is 4.08.